The third-order valence-corrected chi connectivity index (χ3v) is 3.39. The zero-order chi connectivity index (χ0) is 10.9. The average molecular weight is 208 g/mol. The molecule has 0 amide bonds. The molecule has 3 heteroatoms. The van der Waals surface area contributed by atoms with Gasteiger partial charge in [-0.3, -0.25) is 4.68 Å². The van der Waals surface area contributed by atoms with Crippen LogP contribution in [0.5, 0.6) is 0 Å². The maximum Gasteiger partial charge on any atom is 0.109 e. The summed E-state index contributed by atoms with van der Waals surface area (Å²) >= 11 is 0. The first-order chi connectivity index (χ1) is 7.22. The molecule has 84 valence electrons. The smallest absolute Gasteiger partial charge is 0.109 e. The maximum absolute atomic E-state index is 10.7. The molecule has 1 aromatic rings. The van der Waals surface area contributed by atoms with Crippen LogP contribution >= 0.6 is 0 Å². The molecule has 1 unspecified atom stereocenters. The summed E-state index contributed by atoms with van der Waals surface area (Å²) in [4.78, 5) is 0. The van der Waals surface area contributed by atoms with Crippen LogP contribution in [-0.4, -0.2) is 14.9 Å². The standard InChI is InChI=1S/C12H20N2O/c1-3-9-14-11(7-8-13-14)12(15,4-2)10-5-6-10/h7-8,10,15H,3-6,9H2,1-2H3. The van der Waals surface area contributed by atoms with Gasteiger partial charge in [-0.2, -0.15) is 5.10 Å². The van der Waals surface area contributed by atoms with Gasteiger partial charge in [0.05, 0.1) is 5.69 Å². The largest absolute Gasteiger partial charge is 0.383 e. The third kappa shape index (κ3) is 1.81. The van der Waals surface area contributed by atoms with E-state index in [0.29, 0.717) is 5.92 Å². The Bertz CT molecular complexity index is 330. The zero-order valence-electron chi connectivity index (χ0n) is 9.61. The van der Waals surface area contributed by atoms with Crippen molar-refractivity contribution in [2.75, 3.05) is 0 Å². The number of rotatable bonds is 5. The molecule has 1 aliphatic carbocycles. The molecule has 1 atom stereocenters. The molecule has 1 saturated carbocycles. The quantitative estimate of drug-likeness (QED) is 0.806. The van der Waals surface area contributed by atoms with Crippen LogP contribution in [-0.2, 0) is 12.1 Å². The van der Waals surface area contributed by atoms with Gasteiger partial charge in [0.15, 0.2) is 0 Å². The summed E-state index contributed by atoms with van der Waals surface area (Å²) in [7, 11) is 0. The molecule has 0 spiro atoms. The topological polar surface area (TPSA) is 38.0 Å². The van der Waals surface area contributed by atoms with Crippen molar-refractivity contribution in [2.24, 2.45) is 5.92 Å². The van der Waals surface area contributed by atoms with Gasteiger partial charge in [-0.15, -0.1) is 0 Å². The van der Waals surface area contributed by atoms with Gasteiger partial charge in [-0.25, -0.2) is 0 Å². The summed E-state index contributed by atoms with van der Waals surface area (Å²) in [6, 6.07) is 1.97. The average Bonchev–Trinajstić information content (AvgIpc) is 3.00. The summed E-state index contributed by atoms with van der Waals surface area (Å²) in [5.41, 5.74) is 0.375. The van der Waals surface area contributed by atoms with Crippen LogP contribution in [0.2, 0.25) is 0 Å². The zero-order valence-corrected chi connectivity index (χ0v) is 9.61. The number of nitrogens with zero attached hydrogens (tertiary/aromatic N) is 2. The lowest BCUT2D eigenvalue weighted by molar-refractivity contribution is 0.000121. The minimum atomic E-state index is -0.633. The maximum atomic E-state index is 10.7. The molecule has 0 bridgehead atoms. The Balaban J connectivity index is 2.28. The molecule has 15 heavy (non-hydrogen) atoms. The minimum Gasteiger partial charge on any atom is -0.383 e. The Morgan fingerprint density at radius 2 is 2.27 bits per heavy atom. The molecule has 3 nitrogen and oxygen atoms in total. The van der Waals surface area contributed by atoms with Crippen molar-refractivity contribution >= 4 is 0 Å². The molecule has 1 aromatic heterocycles. The summed E-state index contributed by atoms with van der Waals surface area (Å²) in [5, 5.41) is 15.0. The molecule has 1 N–H and O–H groups in total. The lowest BCUT2D eigenvalue weighted by Gasteiger charge is -2.27. The van der Waals surface area contributed by atoms with Crippen LogP contribution in [0.3, 0.4) is 0 Å². The Labute approximate surface area is 91.1 Å². The molecule has 0 saturated heterocycles. The van der Waals surface area contributed by atoms with E-state index >= 15 is 0 Å². The molecule has 2 rings (SSSR count). The first-order valence-electron chi connectivity index (χ1n) is 5.97. The highest BCUT2D eigenvalue weighted by Gasteiger charge is 2.45. The predicted octanol–water partition coefficient (Wildman–Crippen LogP) is 2.30. The van der Waals surface area contributed by atoms with Crippen LogP contribution < -0.4 is 0 Å². The van der Waals surface area contributed by atoms with Crippen molar-refractivity contribution in [3.8, 4) is 0 Å². The van der Waals surface area contributed by atoms with E-state index < -0.39 is 5.60 Å². The fourth-order valence-electron chi connectivity index (χ4n) is 2.33. The summed E-state index contributed by atoms with van der Waals surface area (Å²) in [5.74, 6) is 0.454. The normalized spacial score (nSPS) is 20.2. The first-order valence-corrected chi connectivity index (χ1v) is 5.97. The number of aryl methyl sites for hydroxylation is 1. The Kier molecular flexibility index (Phi) is 2.83. The molecule has 0 radical (unpaired) electrons. The van der Waals surface area contributed by atoms with E-state index in [9.17, 15) is 5.11 Å². The second-order valence-corrected chi connectivity index (χ2v) is 4.49. The monoisotopic (exact) mass is 208 g/mol. The van der Waals surface area contributed by atoms with Crippen molar-refractivity contribution in [1.82, 2.24) is 9.78 Å². The van der Waals surface area contributed by atoms with Crippen LogP contribution in [0.15, 0.2) is 12.3 Å². The molecule has 1 fully saturated rings. The number of hydrogen-bond donors (Lipinski definition) is 1. The summed E-state index contributed by atoms with van der Waals surface area (Å²) in [6.45, 7) is 5.09. The van der Waals surface area contributed by atoms with Gasteiger partial charge in [0, 0.05) is 12.7 Å². The molecule has 0 aromatic carbocycles. The first kappa shape index (κ1) is 10.7. The molecule has 0 aliphatic heterocycles. The van der Waals surface area contributed by atoms with E-state index in [1.807, 2.05) is 10.7 Å². The number of aliphatic hydroxyl groups is 1. The fraction of sp³-hybridized carbons (Fsp3) is 0.750. The minimum absolute atomic E-state index is 0.454. The highest BCUT2D eigenvalue weighted by molar-refractivity contribution is 5.16. The van der Waals surface area contributed by atoms with Crippen molar-refractivity contribution in [2.45, 2.75) is 51.7 Å². The van der Waals surface area contributed by atoms with Crippen LogP contribution in [0.1, 0.15) is 45.2 Å². The van der Waals surface area contributed by atoms with E-state index in [2.05, 4.69) is 18.9 Å². The van der Waals surface area contributed by atoms with Crippen molar-refractivity contribution in [3.63, 3.8) is 0 Å². The van der Waals surface area contributed by atoms with Gasteiger partial charge in [0.25, 0.3) is 0 Å². The van der Waals surface area contributed by atoms with Gasteiger partial charge in [-0.1, -0.05) is 13.8 Å². The number of hydrogen-bond acceptors (Lipinski definition) is 2. The predicted molar refractivity (Wildman–Crippen MR) is 59.4 cm³/mol. The Morgan fingerprint density at radius 3 is 2.80 bits per heavy atom. The van der Waals surface area contributed by atoms with Gasteiger partial charge < -0.3 is 5.11 Å². The lowest BCUT2D eigenvalue weighted by atomic mass is 9.90. The van der Waals surface area contributed by atoms with Crippen LogP contribution in [0.4, 0.5) is 0 Å². The second kappa shape index (κ2) is 3.97. The molecule has 1 aliphatic rings. The number of aromatic nitrogens is 2. The van der Waals surface area contributed by atoms with Crippen molar-refractivity contribution in [3.05, 3.63) is 18.0 Å². The molecule has 1 heterocycles. The summed E-state index contributed by atoms with van der Waals surface area (Å²) in [6.07, 6.45) is 5.95. The fourth-order valence-corrected chi connectivity index (χ4v) is 2.33. The Hall–Kier alpha value is -0.830. The third-order valence-electron chi connectivity index (χ3n) is 3.39. The molecular formula is C12H20N2O. The highest BCUT2D eigenvalue weighted by atomic mass is 16.3. The molecular weight excluding hydrogens is 188 g/mol. The van der Waals surface area contributed by atoms with Crippen LogP contribution in [0.25, 0.3) is 0 Å². The van der Waals surface area contributed by atoms with Crippen molar-refractivity contribution in [1.29, 1.82) is 0 Å². The van der Waals surface area contributed by atoms with Crippen LogP contribution in [0, 0.1) is 5.92 Å². The van der Waals surface area contributed by atoms with E-state index in [1.165, 1.54) is 0 Å². The van der Waals surface area contributed by atoms with Gasteiger partial charge in [0.2, 0.25) is 0 Å². The van der Waals surface area contributed by atoms with E-state index in [-0.39, 0.29) is 0 Å². The SMILES string of the molecule is CCCn1nccc1C(O)(CC)C1CC1. The van der Waals surface area contributed by atoms with Crippen molar-refractivity contribution < 1.29 is 5.11 Å². The highest BCUT2D eigenvalue weighted by Crippen LogP contribution is 2.47. The van der Waals surface area contributed by atoms with E-state index in [0.717, 1.165) is 37.9 Å². The Morgan fingerprint density at radius 1 is 1.53 bits per heavy atom. The second-order valence-electron chi connectivity index (χ2n) is 4.49. The van der Waals surface area contributed by atoms with E-state index in [1.54, 1.807) is 6.20 Å². The summed E-state index contributed by atoms with van der Waals surface area (Å²) < 4.78 is 1.96. The van der Waals surface area contributed by atoms with E-state index in [4.69, 9.17) is 0 Å². The van der Waals surface area contributed by atoms with Gasteiger partial charge >= 0.3 is 0 Å². The van der Waals surface area contributed by atoms with Gasteiger partial charge in [-0.05, 0) is 37.7 Å². The van der Waals surface area contributed by atoms with Gasteiger partial charge in [0.1, 0.15) is 5.60 Å². The lowest BCUT2D eigenvalue weighted by Crippen LogP contribution is -2.30.